The molecule has 0 N–H and O–H groups in total. The van der Waals surface area contributed by atoms with Crippen molar-refractivity contribution in [3.63, 3.8) is 0 Å². The maximum Gasteiger partial charge on any atom is 0.350 e. The second-order valence-corrected chi connectivity index (χ2v) is 3.71. The molecule has 11 heavy (non-hydrogen) atoms. The lowest BCUT2D eigenvalue weighted by Gasteiger charge is -1.97. The molecule has 1 heterocycles. The molecule has 64 valence electrons. The van der Waals surface area contributed by atoms with Gasteiger partial charge in [0.05, 0.1) is 0 Å². The second-order valence-electron chi connectivity index (χ2n) is 3.71. The Hall–Kier alpha value is -0.00506. The first-order valence-electron chi connectivity index (χ1n) is 4.98. The summed E-state index contributed by atoms with van der Waals surface area (Å²) in [4.78, 5) is 0. The number of halogens is 1. The summed E-state index contributed by atoms with van der Waals surface area (Å²) < 4.78 is 12.4. The van der Waals surface area contributed by atoms with Gasteiger partial charge in [0.1, 0.15) is 0 Å². The van der Waals surface area contributed by atoms with E-state index in [0.29, 0.717) is 5.82 Å². The zero-order chi connectivity index (χ0) is 8.10. The van der Waals surface area contributed by atoms with Gasteiger partial charge in [0.25, 0.3) is 0 Å². The fourth-order valence-electron chi connectivity index (χ4n) is 1.52. The predicted octanol–water partition coefficient (Wildman–Crippen LogP) is 3.69. The average molecular weight is 156 g/mol. The fourth-order valence-corrected chi connectivity index (χ4v) is 1.52. The number of hydrogen-bond donors (Lipinski definition) is 0. The van der Waals surface area contributed by atoms with Gasteiger partial charge in [0.2, 0.25) is 0 Å². The third-order valence-electron chi connectivity index (χ3n) is 2.51. The quantitative estimate of drug-likeness (QED) is 0.406. The van der Waals surface area contributed by atoms with E-state index in [1.54, 1.807) is 0 Å². The molecule has 1 unspecified atom stereocenters. The van der Waals surface area contributed by atoms with E-state index in [1.807, 2.05) is 0 Å². The molecule has 0 aromatic rings. The molecular formula is C9H18BF. The zero-order valence-electron chi connectivity index (χ0n) is 7.48. The lowest BCUT2D eigenvalue weighted by molar-refractivity contribution is 0.610. The number of hydrogen-bond acceptors (Lipinski definition) is 0. The van der Waals surface area contributed by atoms with Gasteiger partial charge in [-0.15, -0.1) is 0 Å². The Morgan fingerprint density at radius 1 is 1.27 bits per heavy atom. The van der Waals surface area contributed by atoms with E-state index in [0.717, 1.165) is 12.7 Å². The zero-order valence-corrected chi connectivity index (χ0v) is 7.48. The molecule has 2 heteroatoms. The summed E-state index contributed by atoms with van der Waals surface area (Å²) in [6, 6.07) is 0. The standard InChI is InChI=1S/C9H18BF/c1-2-3-4-5-6-7-9-8-10(9)11/h9H,2-8H2,1H3. The third-order valence-corrected chi connectivity index (χ3v) is 2.51. The molecule has 0 nitrogen and oxygen atoms in total. The molecule has 0 bridgehead atoms. The summed E-state index contributed by atoms with van der Waals surface area (Å²) in [5.74, 6) is 0.455. The monoisotopic (exact) mass is 156 g/mol. The first-order valence-corrected chi connectivity index (χ1v) is 4.98. The molecule has 0 aromatic heterocycles. The maximum absolute atomic E-state index is 12.4. The molecule has 0 saturated carbocycles. The minimum absolute atomic E-state index is 0.429. The predicted molar refractivity (Wildman–Crippen MR) is 48.8 cm³/mol. The van der Waals surface area contributed by atoms with E-state index in [4.69, 9.17) is 0 Å². The Morgan fingerprint density at radius 3 is 2.45 bits per heavy atom. The van der Waals surface area contributed by atoms with Crippen LogP contribution in [-0.2, 0) is 0 Å². The van der Waals surface area contributed by atoms with Crippen LogP contribution in [-0.4, -0.2) is 6.99 Å². The smallest absolute Gasteiger partial charge is 0.336 e. The highest BCUT2D eigenvalue weighted by Gasteiger charge is 2.42. The van der Waals surface area contributed by atoms with Gasteiger partial charge in [-0.25, -0.2) is 0 Å². The molecule has 1 rings (SSSR count). The van der Waals surface area contributed by atoms with Gasteiger partial charge in [-0.1, -0.05) is 45.4 Å². The van der Waals surface area contributed by atoms with Gasteiger partial charge in [0.15, 0.2) is 0 Å². The second kappa shape index (κ2) is 4.79. The Labute approximate surface area is 69.7 Å². The van der Waals surface area contributed by atoms with E-state index in [1.165, 1.54) is 32.1 Å². The van der Waals surface area contributed by atoms with E-state index < -0.39 is 6.99 Å². The van der Waals surface area contributed by atoms with Gasteiger partial charge in [-0.3, -0.25) is 0 Å². The van der Waals surface area contributed by atoms with Gasteiger partial charge < -0.3 is 4.32 Å². The SMILES string of the molecule is CCCCCCCC1CB1F. The number of rotatable bonds is 6. The van der Waals surface area contributed by atoms with Gasteiger partial charge >= 0.3 is 6.99 Å². The molecule has 1 aliphatic heterocycles. The average Bonchev–Trinajstić information content (AvgIpc) is 2.67. The van der Waals surface area contributed by atoms with Crippen LogP contribution in [0.2, 0.25) is 12.1 Å². The first-order chi connectivity index (χ1) is 5.34. The van der Waals surface area contributed by atoms with Crippen molar-refractivity contribution in [2.75, 3.05) is 0 Å². The van der Waals surface area contributed by atoms with Crippen LogP contribution in [0.5, 0.6) is 0 Å². The Balaban J connectivity index is 1.74. The highest BCUT2D eigenvalue weighted by Crippen LogP contribution is 2.42. The topological polar surface area (TPSA) is 0 Å². The lowest BCUT2D eigenvalue weighted by Crippen LogP contribution is -1.81. The van der Waals surface area contributed by atoms with E-state index >= 15 is 0 Å². The van der Waals surface area contributed by atoms with Crippen LogP contribution >= 0.6 is 0 Å². The lowest BCUT2D eigenvalue weighted by atomic mass is 9.92. The summed E-state index contributed by atoms with van der Waals surface area (Å²) in [7, 11) is 0. The van der Waals surface area contributed by atoms with Crippen molar-refractivity contribution < 1.29 is 4.32 Å². The molecule has 1 saturated heterocycles. The first kappa shape index (κ1) is 9.09. The normalized spacial score (nSPS) is 22.4. The van der Waals surface area contributed by atoms with Crippen LogP contribution < -0.4 is 0 Å². The van der Waals surface area contributed by atoms with Crippen LogP contribution in [0.25, 0.3) is 0 Å². The van der Waals surface area contributed by atoms with Gasteiger partial charge in [-0.05, 0) is 12.1 Å². The molecule has 1 atom stereocenters. The van der Waals surface area contributed by atoms with Crippen molar-refractivity contribution in [2.24, 2.45) is 0 Å². The summed E-state index contributed by atoms with van der Waals surface area (Å²) in [5.41, 5.74) is 0. The van der Waals surface area contributed by atoms with Crippen molar-refractivity contribution >= 4 is 6.99 Å². The Morgan fingerprint density at radius 2 is 1.91 bits per heavy atom. The largest absolute Gasteiger partial charge is 0.350 e. The highest BCUT2D eigenvalue weighted by atomic mass is 19.1. The van der Waals surface area contributed by atoms with Crippen molar-refractivity contribution in [3.8, 4) is 0 Å². The maximum atomic E-state index is 12.4. The molecule has 0 aromatic carbocycles. The molecule has 1 aliphatic rings. The van der Waals surface area contributed by atoms with Crippen LogP contribution in [0.4, 0.5) is 4.32 Å². The highest BCUT2D eigenvalue weighted by molar-refractivity contribution is 6.64. The molecule has 1 fully saturated rings. The molecular weight excluding hydrogens is 138 g/mol. The van der Waals surface area contributed by atoms with Gasteiger partial charge in [0, 0.05) is 0 Å². The van der Waals surface area contributed by atoms with E-state index in [-0.39, 0.29) is 0 Å². The summed E-state index contributed by atoms with van der Waals surface area (Å²) in [6.07, 6.45) is 8.57. The van der Waals surface area contributed by atoms with Crippen molar-refractivity contribution in [1.29, 1.82) is 0 Å². The molecule has 0 aliphatic carbocycles. The Bertz CT molecular complexity index is 106. The fraction of sp³-hybridized carbons (Fsp3) is 1.00. The molecule has 0 radical (unpaired) electrons. The van der Waals surface area contributed by atoms with Crippen LogP contribution in [0, 0.1) is 0 Å². The van der Waals surface area contributed by atoms with E-state index in [2.05, 4.69) is 6.92 Å². The molecule has 0 spiro atoms. The number of unbranched alkanes of at least 4 members (excludes halogenated alkanes) is 4. The van der Waals surface area contributed by atoms with E-state index in [9.17, 15) is 4.32 Å². The van der Waals surface area contributed by atoms with Crippen LogP contribution in [0.15, 0.2) is 0 Å². The third kappa shape index (κ3) is 3.78. The summed E-state index contributed by atoms with van der Waals surface area (Å²) in [5, 5.41) is 0. The van der Waals surface area contributed by atoms with Gasteiger partial charge in [-0.2, -0.15) is 0 Å². The van der Waals surface area contributed by atoms with Crippen molar-refractivity contribution in [2.45, 2.75) is 57.6 Å². The molecule has 0 amide bonds. The Kier molecular flexibility index (Phi) is 3.96. The van der Waals surface area contributed by atoms with Crippen molar-refractivity contribution in [1.82, 2.24) is 0 Å². The van der Waals surface area contributed by atoms with Crippen molar-refractivity contribution in [3.05, 3.63) is 0 Å². The minimum Gasteiger partial charge on any atom is -0.336 e. The van der Waals surface area contributed by atoms with Crippen LogP contribution in [0.1, 0.15) is 45.4 Å². The summed E-state index contributed by atoms with van der Waals surface area (Å²) >= 11 is 0. The minimum atomic E-state index is -0.429. The summed E-state index contributed by atoms with van der Waals surface area (Å²) in [6.45, 7) is 1.79. The van der Waals surface area contributed by atoms with Crippen LogP contribution in [0.3, 0.4) is 0 Å².